The smallest absolute Gasteiger partial charge is 0.427 e. The van der Waals surface area contributed by atoms with E-state index in [0.29, 0.717) is 40.8 Å². The van der Waals surface area contributed by atoms with E-state index in [1.54, 1.807) is 0 Å². The van der Waals surface area contributed by atoms with Crippen molar-refractivity contribution >= 4 is 11.3 Å². The van der Waals surface area contributed by atoms with Gasteiger partial charge in [0, 0.05) is 5.92 Å². The van der Waals surface area contributed by atoms with Gasteiger partial charge in [-0.3, -0.25) is 0 Å². The molecule has 0 amide bonds. The number of aromatic nitrogens is 4. The molecule has 3 aromatic heterocycles. The quantitative estimate of drug-likeness (QED) is 0.734. The summed E-state index contributed by atoms with van der Waals surface area (Å²) in [4.78, 5) is 11.4. The van der Waals surface area contributed by atoms with Gasteiger partial charge < -0.3 is 14.4 Å². The second-order valence-electron chi connectivity index (χ2n) is 5.76. The lowest BCUT2D eigenvalue weighted by Crippen LogP contribution is -2.32. The van der Waals surface area contributed by atoms with Crippen molar-refractivity contribution in [2.75, 3.05) is 0 Å². The molecule has 7 nitrogen and oxygen atoms in total. The minimum atomic E-state index is -4.35. The third-order valence-corrected chi connectivity index (χ3v) is 5.12. The van der Waals surface area contributed by atoms with Crippen molar-refractivity contribution in [1.82, 2.24) is 20.1 Å². The fourth-order valence-electron chi connectivity index (χ4n) is 2.53. The molecule has 0 spiro atoms. The molecule has 1 saturated carbocycles. The summed E-state index contributed by atoms with van der Waals surface area (Å²) in [5.41, 5.74) is 0.388. The van der Waals surface area contributed by atoms with E-state index < -0.39 is 11.1 Å². The molecule has 1 N–H and O–H groups in total. The number of hydrogen-bond donors (Lipinski definition) is 1. The van der Waals surface area contributed by atoms with Crippen LogP contribution in [0.4, 0.5) is 13.2 Å². The fourth-order valence-corrected chi connectivity index (χ4v) is 3.44. The van der Waals surface area contributed by atoms with Gasteiger partial charge in [0.05, 0.1) is 29.7 Å². The maximum Gasteiger partial charge on any atom is 0.427 e. The molecule has 0 unspecified atom stereocenters. The number of alkyl halides is 3. The van der Waals surface area contributed by atoms with Crippen molar-refractivity contribution in [2.45, 2.75) is 31.0 Å². The Hall–Kier alpha value is -2.69. The SMILES string of the molecule is Oc1cc(-c2cnc(OC3CC(c4ncc(C(F)(F)F)s4)C3)cn2)on1. The number of hydrogen-bond acceptors (Lipinski definition) is 8. The van der Waals surface area contributed by atoms with Gasteiger partial charge in [0.1, 0.15) is 16.7 Å². The second-order valence-corrected chi connectivity index (χ2v) is 6.82. The van der Waals surface area contributed by atoms with Crippen LogP contribution in [0.2, 0.25) is 0 Å². The van der Waals surface area contributed by atoms with Gasteiger partial charge in [-0.05, 0) is 18.0 Å². The molecule has 4 rings (SSSR count). The van der Waals surface area contributed by atoms with E-state index in [1.807, 2.05) is 0 Å². The summed E-state index contributed by atoms with van der Waals surface area (Å²) in [5.74, 6) is 0.287. The van der Waals surface area contributed by atoms with Gasteiger partial charge in [-0.1, -0.05) is 0 Å². The average Bonchev–Trinajstić information content (AvgIpc) is 3.20. The first-order valence-corrected chi connectivity index (χ1v) is 8.38. The molecule has 0 atom stereocenters. The van der Waals surface area contributed by atoms with Crippen LogP contribution in [0.15, 0.2) is 29.2 Å². The number of thiazole rings is 1. The molecular weight excluding hydrogens is 373 g/mol. The molecule has 3 heterocycles. The topological polar surface area (TPSA) is 94.2 Å². The van der Waals surface area contributed by atoms with E-state index in [9.17, 15) is 13.2 Å². The summed E-state index contributed by atoms with van der Waals surface area (Å²) >= 11 is 0.677. The Bertz CT molecular complexity index is 904. The Kier molecular flexibility index (Phi) is 4.02. The van der Waals surface area contributed by atoms with E-state index in [-0.39, 0.29) is 23.7 Å². The zero-order chi connectivity index (χ0) is 18.3. The minimum absolute atomic E-state index is 0.0366. The van der Waals surface area contributed by atoms with Gasteiger partial charge >= 0.3 is 6.18 Å². The van der Waals surface area contributed by atoms with Crippen LogP contribution in [0.3, 0.4) is 0 Å². The van der Waals surface area contributed by atoms with Gasteiger partial charge in [-0.2, -0.15) is 13.2 Å². The normalized spacial score (nSPS) is 20.0. The van der Waals surface area contributed by atoms with Crippen LogP contribution in [-0.2, 0) is 6.18 Å². The summed E-state index contributed by atoms with van der Waals surface area (Å²) in [5, 5.41) is 13.0. The highest BCUT2D eigenvalue weighted by Gasteiger charge is 2.38. The Morgan fingerprint density at radius 2 is 1.96 bits per heavy atom. The molecule has 1 fully saturated rings. The molecular formula is C15H11F3N4O3S. The molecule has 1 aliphatic rings. The lowest BCUT2D eigenvalue weighted by Gasteiger charge is -2.33. The average molecular weight is 384 g/mol. The maximum atomic E-state index is 12.6. The van der Waals surface area contributed by atoms with Crippen LogP contribution in [0.5, 0.6) is 11.8 Å². The molecule has 26 heavy (non-hydrogen) atoms. The number of nitrogens with zero attached hydrogens (tertiary/aromatic N) is 4. The minimum Gasteiger partial charge on any atom is -0.491 e. The van der Waals surface area contributed by atoms with E-state index in [2.05, 4.69) is 20.1 Å². The molecule has 0 aliphatic heterocycles. The van der Waals surface area contributed by atoms with Crippen LogP contribution < -0.4 is 4.74 Å². The van der Waals surface area contributed by atoms with Gasteiger partial charge in [-0.15, -0.1) is 11.3 Å². The van der Waals surface area contributed by atoms with Crippen molar-refractivity contribution in [3.05, 3.63) is 34.5 Å². The summed E-state index contributed by atoms with van der Waals surface area (Å²) in [6.45, 7) is 0. The molecule has 136 valence electrons. The lowest BCUT2D eigenvalue weighted by molar-refractivity contribution is -0.134. The van der Waals surface area contributed by atoms with E-state index in [1.165, 1.54) is 18.5 Å². The molecule has 3 aromatic rings. The van der Waals surface area contributed by atoms with Crippen molar-refractivity contribution in [1.29, 1.82) is 0 Å². The predicted molar refractivity (Wildman–Crippen MR) is 82.7 cm³/mol. The third kappa shape index (κ3) is 3.34. The highest BCUT2D eigenvalue weighted by molar-refractivity contribution is 7.11. The second kappa shape index (κ2) is 6.24. The van der Waals surface area contributed by atoms with E-state index in [4.69, 9.17) is 14.4 Å². The monoisotopic (exact) mass is 384 g/mol. The van der Waals surface area contributed by atoms with Crippen molar-refractivity contribution in [2.24, 2.45) is 0 Å². The van der Waals surface area contributed by atoms with Crippen molar-refractivity contribution in [3.8, 4) is 23.2 Å². The van der Waals surface area contributed by atoms with Crippen LogP contribution in [0, 0.1) is 0 Å². The number of aromatic hydroxyl groups is 1. The molecule has 0 radical (unpaired) electrons. The molecule has 0 bridgehead atoms. The van der Waals surface area contributed by atoms with Crippen LogP contribution in [0.1, 0.15) is 28.6 Å². The van der Waals surface area contributed by atoms with Crippen molar-refractivity contribution < 1.29 is 27.5 Å². The molecule has 0 aromatic carbocycles. The number of ether oxygens (including phenoxy) is 1. The Morgan fingerprint density at radius 3 is 2.54 bits per heavy atom. The van der Waals surface area contributed by atoms with E-state index >= 15 is 0 Å². The Balaban J connectivity index is 1.33. The Morgan fingerprint density at radius 1 is 1.15 bits per heavy atom. The Labute approximate surface area is 148 Å². The standard InChI is InChI=1S/C15H11F3N4O3S/c16-15(17,18)11-5-21-14(26-11)7-1-8(2-7)24-13-6-19-9(4-20-13)10-3-12(23)22-25-10/h3-8H,1-2H2,(H,22,23). The van der Waals surface area contributed by atoms with Crippen LogP contribution in [0.25, 0.3) is 11.5 Å². The van der Waals surface area contributed by atoms with Gasteiger partial charge in [0.2, 0.25) is 5.88 Å². The summed E-state index contributed by atoms with van der Waals surface area (Å²) < 4.78 is 48.4. The summed E-state index contributed by atoms with van der Waals surface area (Å²) in [6.07, 6.45) is 0.351. The summed E-state index contributed by atoms with van der Waals surface area (Å²) in [6, 6.07) is 1.31. The number of rotatable bonds is 4. The lowest BCUT2D eigenvalue weighted by atomic mass is 9.83. The highest BCUT2D eigenvalue weighted by atomic mass is 32.1. The van der Waals surface area contributed by atoms with Crippen LogP contribution >= 0.6 is 11.3 Å². The van der Waals surface area contributed by atoms with Gasteiger partial charge in [0.15, 0.2) is 5.76 Å². The van der Waals surface area contributed by atoms with Crippen molar-refractivity contribution in [3.63, 3.8) is 0 Å². The first kappa shape index (κ1) is 16.8. The fraction of sp³-hybridized carbons (Fsp3) is 0.333. The van der Waals surface area contributed by atoms with Gasteiger partial charge in [-0.25, -0.2) is 15.0 Å². The van der Waals surface area contributed by atoms with Gasteiger partial charge in [0.25, 0.3) is 5.88 Å². The first-order valence-electron chi connectivity index (χ1n) is 7.56. The summed E-state index contributed by atoms with van der Waals surface area (Å²) in [7, 11) is 0. The first-order chi connectivity index (χ1) is 12.4. The highest BCUT2D eigenvalue weighted by Crippen LogP contribution is 2.43. The zero-order valence-electron chi connectivity index (χ0n) is 13.0. The maximum absolute atomic E-state index is 12.6. The van der Waals surface area contributed by atoms with E-state index in [0.717, 1.165) is 6.20 Å². The molecule has 1 aliphatic carbocycles. The molecule has 0 saturated heterocycles. The largest absolute Gasteiger partial charge is 0.491 e. The zero-order valence-corrected chi connectivity index (χ0v) is 13.8. The molecule has 11 heteroatoms. The third-order valence-electron chi connectivity index (χ3n) is 3.91. The number of halogens is 3. The van der Waals surface area contributed by atoms with Crippen LogP contribution in [-0.4, -0.2) is 31.3 Å². The predicted octanol–water partition coefficient (Wildman–Crippen LogP) is 3.64.